The minimum absolute atomic E-state index is 0. The van der Waals surface area contributed by atoms with E-state index >= 15 is 0 Å². The van der Waals surface area contributed by atoms with Crippen molar-refractivity contribution in [3.8, 4) is 0 Å². The Morgan fingerprint density at radius 1 is 1.23 bits per heavy atom. The van der Waals surface area contributed by atoms with Gasteiger partial charge in [-0.05, 0) is 30.4 Å². The fraction of sp³-hybridized carbons (Fsp3) is 0.562. The van der Waals surface area contributed by atoms with Crippen LogP contribution in [0.1, 0.15) is 24.5 Å². The van der Waals surface area contributed by atoms with Crippen LogP contribution in [0.4, 0.5) is 0 Å². The van der Waals surface area contributed by atoms with Crippen molar-refractivity contribution < 1.29 is 4.74 Å². The molecule has 1 unspecified atom stereocenters. The van der Waals surface area contributed by atoms with Crippen LogP contribution < -0.4 is 10.6 Å². The minimum atomic E-state index is 0. The summed E-state index contributed by atoms with van der Waals surface area (Å²) in [6.07, 6.45) is 4.56. The largest absolute Gasteiger partial charge is 0.375 e. The Morgan fingerprint density at radius 3 is 2.55 bits per heavy atom. The van der Waals surface area contributed by atoms with Crippen LogP contribution in [-0.2, 0) is 4.74 Å². The molecule has 0 fully saturated rings. The zero-order valence-electron chi connectivity index (χ0n) is 13.7. The summed E-state index contributed by atoms with van der Waals surface area (Å²) in [5.41, 5.74) is 1.17. The summed E-state index contributed by atoms with van der Waals surface area (Å²) < 4.78 is 5.54. The molecular weight excluding hydrogens is 409 g/mol. The molecule has 1 rings (SSSR count). The van der Waals surface area contributed by atoms with Gasteiger partial charge in [0.1, 0.15) is 0 Å². The van der Waals surface area contributed by atoms with Crippen molar-refractivity contribution in [2.75, 3.05) is 39.3 Å². The molecule has 1 atom stereocenters. The number of nitrogens with zero attached hydrogens (tertiary/aromatic N) is 1. The number of guanidine groups is 1. The topological polar surface area (TPSA) is 45.7 Å². The molecule has 0 spiro atoms. The third-order valence-corrected chi connectivity index (χ3v) is 3.90. The molecule has 126 valence electrons. The summed E-state index contributed by atoms with van der Waals surface area (Å²) in [6.45, 7) is 1.65. The van der Waals surface area contributed by atoms with Crippen molar-refractivity contribution in [3.05, 3.63) is 35.9 Å². The highest BCUT2D eigenvalue weighted by atomic mass is 127. The molecule has 0 bridgehead atoms. The van der Waals surface area contributed by atoms with E-state index in [-0.39, 0.29) is 30.1 Å². The second-order valence-corrected chi connectivity index (χ2v) is 5.70. The Morgan fingerprint density at radius 2 is 1.95 bits per heavy atom. The van der Waals surface area contributed by atoms with Crippen LogP contribution in [0.2, 0.25) is 0 Å². The van der Waals surface area contributed by atoms with E-state index < -0.39 is 0 Å². The third kappa shape index (κ3) is 8.85. The number of rotatable bonds is 9. The fourth-order valence-corrected chi connectivity index (χ4v) is 2.49. The van der Waals surface area contributed by atoms with Gasteiger partial charge in [-0.15, -0.1) is 24.0 Å². The second kappa shape index (κ2) is 14.1. The number of unbranched alkanes of at least 4 members (excludes halogenated alkanes) is 1. The highest BCUT2D eigenvalue weighted by Crippen LogP contribution is 2.14. The van der Waals surface area contributed by atoms with E-state index in [1.54, 1.807) is 14.2 Å². The maximum atomic E-state index is 5.54. The average Bonchev–Trinajstić information content (AvgIpc) is 2.54. The Labute approximate surface area is 155 Å². The van der Waals surface area contributed by atoms with Gasteiger partial charge in [0.2, 0.25) is 0 Å². The Hall–Kier alpha value is -0.470. The van der Waals surface area contributed by atoms with Gasteiger partial charge in [-0.3, -0.25) is 4.99 Å². The molecule has 0 aliphatic rings. The molecule has 0 aromatic heterocycles. The van der Waals surface area contributed by atoms with Gasteiger partial charge >= 0.3 is 0 Å². The summed E-state index contributed by atoms with van der Waals surface area (Å²) in [7, 11) is 3.53. The van der Waals surface area contributed by atoms with Gasteiger partial charge in [0.25, 0.3) is 0 Å². The Balaban J connectivity index is 0.00000441. The molecule has 0 saturated heterocycles. The average molecular weight is 437 g/mol. The lowest BCUT2D eigenvalue weighted by Gasteiger charge is -2.18. The molecule has 22 heavy (non-hydrogen) atoms. The maximum absolute atomic E-state index is 5.54. The quantitative estimate of drug-likeness (QED) is 0.269. The summed E-state index contributed by atoms with van der Waals surface area (Å²) in [5, 5.41) is 6.65. The standard InChI is InChI=1S/C16H27N3OS.HI/c1-17-16(18-11-7-8-12-21-3)19-13-15(20-2)14-9-5-4-6-10-14;/h4-6,9-10,15H,7-8,11-13H2,1-3H3,(H2,17,18,19);1H. The van der Waals surface area contributed by atoms with Crippen molar-refractivity contribution in [2.45, 2.75) is 18.9 Å². The van der Waals surface area contributed by atoms with Crippen molar-refractivity contribution in [3.63, 3.8) is 0 Å². The normalized spacial score (nSPS) is 12.4. The van der Waals surface area contributed by atoms with Crippen LogP contribution in [0.3, 0.4) is 0 Å². The van der Waals surface area contributed by atoms with Gasteiger partial charge in [-0.2, -0.15) is 11.8 Å². The van der Waals surface area contributed by atoms with Crippen LogP contribution in [0, 0.1) is 0 Å². The summed E-state index contributed by atoms with van der Waals surface area (Å²) in [6, 6.07) is 10.2. The molecule has 0 saturated carbocycles. The fourth-order valence-electron chi connectivity index (χ4n) is 1.99. The first kappa shape index (κ1) is 21.5. The predicted octanol–water partition coefficient (Wildman–Crippen LogP) is 3.30. The van der Waals surface area contributed by atoms with Gasteiger partial charge in [-0.1, -0.05) is 30.3 Å². The first-order chi connectivity index (χ1) is 10.3. The van der Waals surface area contributed by atoms with Crippen LogP contribution in [0.25, 0.3) is 0 Å². The van der Waals surface area contributed by atoms with E-state index in [4.69, 9.17) is 4.74 Å². The first-order valence-electron chi connectivity index (χ1n) is 7.33. The van der Waals surface area contributed by atoms with Gasteiger partial charge in [-0.25, -0.2) is 0 Å². The zero-order valence-corrected chi connectivity index (χ0v) is 16.8. The molecule has 1 aromatic rings. The van der Waals surface area contributed by atoms with Crippen molar-refractivity contribution in [1.82, 2.24) is 10.6 Å². The van der Waals surface area contributed by atoms with Crippen LogP contribution in [-0.4, -0.2) is 45.2 Å². The lowest BCUT2D eigenvalue weighted by atomic mass is 10.1. The van der Waals surface area contributed by atoms with E-state index in [9.17, 15) is 0 Å². The molecule has 1 aromatic carbocycles. The molecule has 6 heteroatoms. The van der Waals surface area contributed by atoms with Crippen LogP contribution >= 0.6 is 35.7 Å². The van der Waals surface area contributed by atoms with Crippen molar-refractivity contribution in [1.29, 1.82) is 0 Å². The third-order valence-electron chi connectivity index (χ3n) is 3.20. The number of halogens is 1. The summed E-state index contributed by atoms with van der Waals surface area (Å²) in [5.74, 6) is 2.05. The number of methoxy groups -OCH3 is 1. The number of benzene rings is 1. The van der Waals surface area contributed by atoms with Gasteiger partial charge < -0.3 is 15.4 Å². The smallest absolute Gasteiger partial charge is 0.191 e. The lowest BCUT2D eigenvalue weighted by Crippen LogP contribution is -2.40. The number of thioether (sulfide) groups is 1. The summed E-state index contributed by atoms with van der Waals surface area (Å²) >= 11 is 1.89. The van der Waals surface area contributed by atoms with E-state index in [0.29, 0.717) is 6.54 Å². The lowest BCUT2D eigenvalue weighted by molar-refractivity contribution is 0.106. The van der Waals surface area contributed by atoms with Gasteiger partial charge in [0.05, 0.1) is 6.10 Å². The molecule has 0 aliphatic carbocycles. The van der Waals surface area contributed by atoms with E-state index in [2.05, 4.69) is 34.0 Å². The highest BCUT2D eigenvalue weighted by molar-refractivity contribution is 14.0. The Bertz CT molecular complexity index is 404. The molecule has 0 radical (unpaired) electrons. The maximum Gasteiger partial charge on any atom is 0.191 e. The zero-order chi connectivity index (χ0) is 15.3. The number of nitrogens with one attached hydrogen (secondary N) is 2. The number of aliphatic imine (C=N–C) groups is 1. The summed E-state index contributed by atoms with van der Waals surface area (Å²) in [4.78, 5) is 4.24. The Kier molecular flexibility index (Phi) is 13.8. The molecule has 0 amide bonds. The first-order valence-corrected chi connectivity index (χ1v) is 8.72. The monoisotopic (exact) mass is 437 g/mol. The van der Waals surface area contributed by atoms with Crippen molar-refractivity contribution >= 4 is 41.7 Å². The number of ether oxygens (including phenoxy) is 1. The van der Waals surface area contributed by atoms with Crippen molar-refractivity contribution in [2.24, 2.45) is 4.99 Å². The van der Waals surface area contributed by atoms with E-state index in [0.717, 1.165) is 18.9 Å². The molecule has 0 heterocycles. The number of hydrogen-bond donors (Lipinski definition) is 2. The molecule has 2 N–H and O–H groups in total. The minimum Gasteiger partial charge on any atom is -0.375 e. The van der Waals surface area contributed by atoms with E-state index in [1.165, 1.54) is 17.7 Å². The molecular formula is C16H28IN3OS. The van der Waals surface area contributed by atoms with Gasteiger partial charge in [0.15, 0.2) is 5.96 Å². The second-order valence-electron chi connectivity index (χ2n) is 4.71. The number of hydrogen-bond acceptors (Lipinski definition) is 3. The molecule has 0 aliphatic heterocycles. The van der Waals surface area contributed by atoms with Gasteiger partial charge in [0, 0.05) is 27.2 Å². The van der Waals surface area contributed by atoms with Crippen LogP contribution in [0.5, 0.6) is 0 Å². The van der Waals surface area contributed by atoms with Crippen LogP contribution in [0.15, 0.2) is 35.3 Å². The highest BCUT2D eigenvalue weighted by Gasteiger charge is 2.10. The predicted molar refractivity (Wildman–Crippen MR) is 109 cm³/mol. The SMILES string of the molecule is CN=C(NCCCCSC)NCC(OC)c1ccccc1.I. The van der Waals surface area contributed by atoms with E-state index in [1.807, 2.05) is 30.0 Å². The molecule has 4 nitrogen and oxygen atoms in total.